The topological polar surface area (TPSA) is 61.4 Å². The lowest BCUT2D eigenvalue weighted by molar-refractivity contribution is 0.231. The van der Waals surface area contributed by atoms with Crippen molar-refractivity contribution >= 4 is 6.03 Å². The van der Waals surface area contributed by atoms with Crippen molar-refractivity contribution in [2.45, 2.75) is 52.0 Å². The summed E-state index contributed by atoms with van der Waals surface area (Å²) in [6, 6.07) is 6.44. The predicted octanol–water partition coefficient (Wildman–Crippen LogP) is 2.94. The summed E-state index contributed by atoms with van der Waals surface area (Å²) < 4.78 is 0. The van der Waals surface area contributed by atoms with Crippen LogP contribution in [0, 0.1) is 5.92 Å². The number of hydrogen-bond acceptors (Lipinski definition) is 2. The monoisotopic (exact) mass is 304 g/mol. The number of hydrogen-bond donors (Lipinski definition) is 3. The smallest absolute Gasteiger partial charge is 0.315 e. The van der Waals surface area contributed by atoms with Crippen LogP contribution in [0.15, 0.2) is 18.2 Å². The Hall–Kier alpha value is -1.55. The molecule has 0 fully saturated rings. The van der Waals surface area contributed by atoms with E-state index in [1.807, 2.05) is 13.8 Å². The van der Waals surface area contributed by atoms with Gasteiger partial charge >= 0.3 is 6.03 Å². The van der Waals surface area contributed by atoms with E-state index in [0.29, 0.717) is 13.0 Å². The van der Waals surface area contributed by atoms with E-state index in [1.165, 1.54) is 36.0 Å². The second-order valence-corrected chi connectivity index (χ2v) is 6.43. The van der Waals surface area contributed by atoms with E-state index in [2.05, 4.69) is 28.8 Å². The summed E-state index contributed by atoms with van der Waals surface area (Å²) in [6.45, 7) is 4.78. The van der Waals surface area contributed by atoms with Gasteiger partial charge in [-0.05, 0) is 61.6 Å². The van der Waals surface area contributed by atoms with Gasteiger partial charge in [-0.3, -0.25) is 0 Å². The Morgan fingerprint density at radius 3 is 2.68 bits per heavy atom. The third-order valence-electron chi connectivity index (χ3n) is 4.45. The van der Waals surface area contributed by atoms with E-state index < -0.39 is 0 Å². The number of rotatable bonds is 6. The van der Waals surface area contributed by atoms with Gasteiger partial charge in [0.15, 0.2) is 0 Å². The highest BCUT2D eigenvalue weighted by atomic mass is 16.3. The van der Waals surface area contributed by atoms with Gasteiger partial charge in [-0.2, -0.15) is 0 Å². The average Bonchev–Trinajstić information content (AvgIpc) is 2.52. The normalized spacial score (nSPS) is 16.5. The summed E-state index contributed by atoms with van der Waals surface area (Å²) in [4.78, 5) is 11.9. The summed E-state index contributed by atoms with van der Waals surface area (Å²) in [6.07, 6.45) is 5.60. The fraction of sp³-hybridized carbons (Fsp3) is 0.611. The zero-order valence-corrected chi connectivity index (χ0v) is 13.7. The third-order valence-corrected chi connectivity index (χ3v) is 4.45. The Bertz CT molecular complexity index is 502. The zero-order valence-electron chi connectivity index (χ0n) is 13.7. The summed E-state index contributed by atoms with van der Waals surface area (Å²) in [5, 5.41) is 14.7. The van der Waals surface area contributed by atoms with Crippen molar-refractivity contribution in [2.75, 3.05) is 13.2 Å². The number of aliphatic hydroxyl groups excluding tert-OH is 1. The van der Waals surface area contributed by atoms with Crippen LogP contribution >= 0.6 is 0 Å². The van der Waals surface area contributed by atoms with Gasteiger partial charge in [0.1, 0.15) is 0 Å². The first-order valence-electron chi connectivity index (χ1n) is 8.37. The molecule has 1 aromatic rings. The zero-order chi connectivity index (χ0) is 15.9. The number of aryl methyl sites for hydroxylation is 2. The second-order valence-electron chi connectivity index (χ2n) is 6.43. The van der Waals surface area contributed by atoms with Crippen molar-refractivity contribution in [1.82, 2.24) is 10.6 Å². The number of aliphatic hydroxyl groups is 1. The molecule has 0 radical (unpaired) electrons. The molecule has 0 aliphatic heterocycles. The molecular weight excluding hydrogens is 276 g/mol. The summed E-state index contributed by atoms with van der Waals surface area (Å²) in [5.41, 5.74) is 4.07. The maximum atomic E-state index is 11.9. The molecule has 1 aromatic carbocycles. The third kappa shape index (κ3) is 4.73. The van der Waals surface area contributed by atoms with Gasteiger partial charge in [-0.1, -0.05) is 25.1 Å². The van der Waals surface area contributed by atoms with Gasteiger partial charge in [-0.25, -0.2) is 4.79 Å². The molecule has 0 aromatic heterocycles. The molecule has 0 heterocycles. The van der Waals surface area contributed by atoms with Crippen molar-refractivity contribution in [1.29, 1.82) is 0 Å². The molecule has 0 saturated carbocycles. The van der Waals surface area contributed by atoms with E-state index in [4.69, 9.17) is 5.11 Å². The summed E-state index contributed by atoms with van der Waals surface area (Å²) in [5.74, 6) is 0.287. The molecule has 2 rings (SSSR count). The fourth-order valence-corrected chi connectivity index (χ4v) is 2.94. The lowest BCUT2D eigenvalue weighted by Gasteiger charge is -2.20. The van der Waals surface area contributed by atoms with Crippen molar-refractivity contribution in [3.8, 4) is 0 Å². The minimum absolute atomic E-state index is 0.000347. The Labute approximate surface area is 133 Å². The summed E-state index contributed by atoms with van der Waals surface area (Å²) in [7, 11) is 0. The highest BCUT2D eigenvalue weighted by Crippen LogP contribution is 2.24. The number of carbonyl (C=O) groups excluding carboxylic acids is 1. The van der Waals surface area contributed by atoms with Crippen LogP contribution in [0.2, 0.25) is 0 Å². The van der Waals surface area contributed by atoms with E-state index in [1.54, 1.807) is 0 Å². The molecule has 4 nitrogen and oxygen atoms in total. The van der Waals surface area contributed by atoms with Crippen LogP contribution in [-0.2, 0) is 12.8 Å². The highest BCUT2D eigenvalue weighted by Gasteiger charge is 2.14. The van der Waals surface area contributed by atoms with Crippen LogP contribution in [0.1, 0.15) is 55.8 Å². The SMILES string of the molecule is CC(CCO)CNC(=O)NC(C)c1ccc2c(c1)CCCC2. The van der Waals surface area contributed by atoms with Crippen LogP contribution in [0.4, 0.5) is 4.79 Å². The van der Waals surface area contributed by atoms with Gasteiger partial charge in [-0.15, -0.1) is 0 Å². The molecule has 0 saturated heterocycles. The van der Waals surface area contributed by atoms with Crippen LogP contribution in [-0.4, -0.2) is 24.3 Å². The minimum atomic E-state index is -0.144. The van der Waals surface area contributed by atoms with Gasteiger partial charge in [0, 0.05) is 13.2 Å². The Kier molecular flexibility index (Phi) is 6.25. The van der Waals surface area contributed by atoms with Gasteiger partial charge in [0.2, 0.25) is 0 Å². The molecule has 3 N–H and O–H groups in total. The predicted molar refractivity (Wildman–Crippen MR) is 88.9 cm³/mol. The Balaban J connectivity index is 1.86. The molecule has 1 aliphatic carbocycles. The van der Waals surface area contributed by atoms with Crippen LogP contribution in [0.3, 0.4) is 0 Å². The first kappa shape index (κ1) is 16.8. The maximum Gasteiger partial charge on any atom is 0.315 e. The van der Waals surface area contributed by atoms with Crippen molar-refractivity contribution in [3.63, 3.8) is 0 Å². The van der Waals surface area contributed by atoms with Crippen molar-refractivity contribution in [2.24, 2.45) is 5.92 Å². The van der Waals surface area contributed by atoms with Gasteiger partial charge in [0.25, 0.3) is 0 Å². The van der Waals surface area contributed by atoms with E-state index >= 15 is 0 Å². The van der Waals surface area contributed by atoms with Gasteiger partial charge < -0.3 is 15.7 Å². The summed E-state index contributed by atoms with van der Waals surface area (Å²) >= 11 is 0. The van der Waals surface area contributed by atoms with Crippen LogP contribution in [0.5, 0.6) is 0 Å². The lowest BCUT2D eigenvalue weighted by atomic mass is 9.89. The Morgan fingerprint density at radius 1 is 1.23 bits per heavy atom. The van der Waals surface area contributed by atoms with E-state index in [0.717, 1.165) is 6.42 Å². The molecule has 2 amide bonds. The second kappa shape index (κ2) is 8.18. The molecule has 2 atom stereocenters. The van der Waals surface area contributed by atoms with Crippen LogP contribution in [0.25, 0.3) is 0 Å². The largest absolute Gasteiger partial charge is 0.396 e. The molecule has 1 aliphatic rings. The number of carbonyl (C=O) groups is 1. The molecule has 0 bridgehead atoms. The lowest BCUT2D eigenvalue weighted by Crippen LogP contribution is -2.39. The Morgan fingerprint density at radius 2 is 1.95 bits per heavy atom. The molecule has 22 heavy (non-hydrogen) atoms. The molecule has 4 heteroatoms. The number of amides is 2. The molecule has 0 spiro atoms. The fourth-order valence-electron chi connectivity index (χ4n) is 2.94. The van der Waals surface area contributed by atoms with Crippen LogP contribution < -0.4 is 10.6 Å². The van der Waals surface area contributed by atoms with Gasteiger partial charge in [0.05, 0.1) is 6.04 Å². The maximum absolute atomic E-state index is 11.9. The minimum Gasteiger partial charge on any atom is -0.396 e. The number of benzene rings is 1. The highest BCUT2D eigenvalue weighted by molar-refractivity contribution is 5.74. The number of nitrogens with one attached hydrogen (secondary N) is 2. The first-order chi connectivity index (χ1) is 10.6. The average molecular weight is 304 g/mol. The van der Waals surface area contributed by atoms with E-state index in [9.17, 15) is 4.79 Å². The number of fused-ring (bicyclic) bond motifs is 1. The standard InChI is InChI=1S/C18H28N2O2/c1-13(9-10-21)12-19-18(22)20-14(2)16-8-7-15-5-3-4-6-17(15)11-16/h7-8,11,13-14,21H,3-6,9-10,12H2,1-2H3,(H2,19,20,22). The van der Waals surface area contributed by atoms with Crippen molar-refractivity contribution < 1.29 is 9.90 Å². The molecular formula is C18H28N2O2. The van der Waals surface area contributed by atoms with Crippen molar-refractivity contribution in [3.05, 3.63) is 34.9 Å². The quantitative estimate of drug-likeness (QED) is 0.756. The molecule has 2 unspecified atom stereocenters. The first-order valence-corrected chi connectivity index (χ1v) is 8.37. The van der Waals surface area contributed by atoms with E-state index in [-0.39, 0.29) is 24.6 Å². The number of urea groups is 1. The molecule has 122 valence electrons.